The Hall–Kier alpha value is -1.85. The van der Waals surface area contributed by atoms with Crippen LogP contribution < -0.4 is 15.8 Å². The summed E-state index contributed by atoms with van der Waals surface area (Å²) in [7, 11) is 0. The van der Waals surface area contributed by atoms with Gasteiger partial charge in [0.1, 0.15) is 18.2 Å². The van der Waals surface area contributed by atoms with Gasteiger partial charge in [-0.15, -0.1) is 0 Å². The molecule has 1 atom stereocenters. The molecule has 2 rings (SSSR count). The Kier molecular flexibility index (Phi) is 5.98. The molecule has 22 heavy (non-hydrogen) atoms. The summed E-state index contributed by atoms with van der Waals surface area (Å²) in [5, 5.41) is 3.18. The molecule has 2 aromatic rings. The molecular weight excluding hydrogens is 305 g/mol. The number of ether oxygens (including phenoxy) is 1. The molecule has 0 bridgehead atoms. The van der Waals surface area contributed by atoms with Crippen LogP contribution in [-0.2, 0) is 6.42 Å². The molecule has 1 aromatic carbocycles. The minimum absolute atomic E-state index is 0.0808. The van der Waals surface area contributed by atoms with Crippen molar-refractivity contribution in [2.45, 2.75) is 19.4 Å². The molecule has 0 unspecified atom stereocenters. The second-order valence-electron chi connectivity index (χ2n) is 4.96. The Morgan fingerprint density at radius 1 is 1.36 bits per heavy atom. The summed E-state index contributed by atoms with van der Waals surface area (Å²) in [6, 6.07) is 6.19. The zero-order valence-electron chi connectivity index (χ0n) is 12.4. The number of halogens is 2. The van der Waals surface area contributed by atoms with Gasteiger partial charge in [0.15, 0.2) is 0 Å². The van der Waals surface area contributed by atoms with E-state index >= 15 is 0 Å². The van der Waals surface area contributed by atoms with Crippen LogP contribution in [0.2, 0.25) is 5.02 Å². The molecule has 0 aliphatic rings. The smallest absolute Gasteiger partial charge is 0.141 e. The quantitative estimate of drug-likeness (QED) is 0.821. The van der Waals surface area contributed by atoms with Crippen molar-refractivity contribution < 1.29 is 9.13 Å². The van der Waals surface area contributed by atoms with Crippen LogP contribution in [0.5, 0.6) is 5.75 Å². The first-order valence-corrected chi connectivity index (χ1v) is 7.47. The molecule has 0 aliphatic carbocycles. The Morgan fingerprint density at radius 2 is 2.18 bits per heavy atom. The summed E-state index contributed by atoms with van der Waals surface area (Å²) < 4.78 is 18.7. The predicted molar refractivity (Wildman–Crippen MR) is 87.0 cm³/mol. The van der Waals surface area contributed by atoms with Crippen molar-refractivity contribution in [1.82, 2.24) is 4.98 Å². The topological polar surface area (TPSA) is 60.2 Å². The fourth-order valence-corrected chi connectivity index (χ4v) is 2.03. The van der Waals surface area contributed by atoms with Crippen molar-refractivity contribution in [3.63, 3.8) is 0 Å². The van der Waals surface area contributed by atoms with Crippen LogP contribution in [0.15, 0.2) is 36.7 Å². The third kappa shape index (κ3) is 4.86. The van der Waals surface area contributed by atoms with E-state index in [1.165, 1.54) is 12.1 Å². The number of aromatic nitrogens is 1. The Labute approximate surface area is 134 Å². The van der Waals surface area contributed by atoms with E-state index in [-0.39, 0.29) is 11.1 Å². The molecule has 0 saturated carbocycles. The summed E-state index contributed by atoms with van der Waals surface area (Å²) in [6.07, 6.45) is 4.38. The van der Waals surface area contributed by atoms with Crippen molar-refractivity contribution in [3.05, 3.63) is 53.1 Å². The van der Waals surface area contributed by atoms with E-state index in [0.717, 1.165) is 17.7 Å². The van der Waals surface area contributed by atoms with Crippen molar-refractivity contribution in [3.8, 4) is 5.75 Å². The molecule has 0 aliphatic heterocycles. The first kappa shape index (κ1) is 16.5. The highest BCUT2D eigenvalue weighted by molar-refractivity contribution is 6.31. The highest BCUT2D eigenvalue weighted by Crippen LogP contribution is 2.19. The van der Waals surface area contributed by atoms with Crippen LogP contribution in [-0.4, -0.2) is 24.2 Å². The molecule has 0 saturated heterocycles. The van der Waals surface area contributed by atoms with Crippen LogP contribution in [0.25, 0.3) is 0 Å². The zero-order chi connectivity index (χ0) is 15.9. The van der Waals surface area contributed by atoms with Gasteiger partial charge in [-0.1, -0.05) is 18.5 Å². The highest BCUT2D eigenvalue weighted by Gasteiger charge is 2.06. The number of hydrogen-bond donors (Lipinski definition) is 2. The average Bonchev–Trinajstić information content (AvgIpc) is 2.54. The Morgan fingerprint density at radius 3 is 2.91 bits per heavy atom. The lowest BCUT2D eigenvalue weighted by atomic mass is 10.2. The van der Waals surface area contributed by atoms with Crippen LogP contribution in [0.4, 0.5) is 10.1 Å². The monoisotopic (exact) mass is 323 g/mol. The molecule has 3 N–H and O–H groups in total. The van der Waals surface area contributed by atoms with E-state index in [1.807, 2.05) is 12.3 Å². The van der Waals surface area contributed by atoms with Gasteiger partial charge < -0.3 is 15.8 Å². The van der Waals surface area contributed by atoms with Crippen LogP contribution in [0, 0.1) is 5.82 Å². The van der Waals surface area contributed by atoms with Gasteiger partial charge in [-0.2, -0.15) is 0 Å². The minimum atomic E-state index is -0.442. The zero-order valence-corrected chi connectivity index (χ0v) is 13.1. The summed E-state index contributed by atoms with van der Waals surface area (Å²) in [4.78, 5) is 4.11. The number of hydrogen-bond acceptors (Lipinski definition) is 4. The van der Waals surface area contributed by atoms with E-state index in [1.54, 1.807) is 12.3 Å². The van der Waals surface area contributed by atoms with E-state index in [4.69, 9.17) is 22.1 Å². The van der Waals surface area contributed by atoms with Crippen molar-refractivity contribution >= 4 is 17.3 Å². The van der Waals surface area contributed by atoms with Crippen LogP contribution in [0.3, 0.4) is 0 Å². The lowest BCUT2D eigenvalue weighted by Crippen LogP contribution is -2.35. The number of benzene rings is 1. The summed E-state index contributed by atoms with van der Waals surface area (Å²) in [6.45, 7) is 2.91. The average molecular weight is 324 g/mol. The van der Waals surface area contributed by atoms with Crippen LogP contribution >= 0.6 is 11.6 Å². The second-order valence-corrected chi connectivity index (χ2v) is 5.37. The van der Waals surface area contributed by atoms with Gasteiger partial charge in [0.25, 0.3) is 0 Å². The van der Waals surface area contributed by atoms with Crippen molar-refractivity contribution in [2.24, 2.45) is 5.73 Å². The molecule has 118 valence electrons. The molecule has 0 fully saturated rings. The summed E-state index contributed by atoms with van der Waals surface area (Å²) in [5.74, 6) is 0.266. The minimum Gasteiger partial charge on any atom is -0.490 e. The number of aryl methyl sites for hydroxylation is 1. The largest absolute Gasteiger partial charge is 0.490 e. The van der Waals surface area contributed by atoms with Crippen molar-refractivity contribution in [2.75, 3.05) is 18.5 Å². The predicted octanol–water partition coefficient (Wildman–Crippen LogP) is 3.25. The van der Waals surface area contributed by atoms with Gasteiger partial charge in [-0.3, -0.25) is 4.98 Å². The summed E-state index contributed by atoms with van der Waals surface area (Å²) >= 11 is 5.72. The molecule has 0 amide bonds. The van der Waals surface area contributed by atoms with Gasteiger partial charge in [-0.05, 0) is 36.2 Å². The number of pyridine rings is 1. The number of anilines is 1. The molecule has 4 nitrogen and oxygen atoms in total. The maximum Gasteiger partial charge on any atom is 0.141 e. The molecule has 0 radical (unpaired) electrons. The van der Waals surface area contributed by atoms with E-state index < -0.39 is 5.82 Å². The molecule has 1 heterocycles. The lowest BCUT2D eigenvalue weighted by molar-refractivity contribution is 0.291. The second kappa shape index (κ2) is 7.96. The maximum atomic E-state index is 13.1. The van der Waals surface area contributed by atoms with Gasteiger partial charge in [0.05, 0.1) is 17.3 Å². The Bertz CT molecular complexity index is 624. The lowest BCUT2D eigenvalue weighted by Gasteiger charge is -2.15. The molecular formula is C16H19ClFN3O. The van der Waals surface area contributed by atoms with E-state index in [0.29, 0.717) is 18.9 Å². The van der Waals surface area contributed by atoms with E-state index in [9.17, 15) is 4.39 Å². The first-order chi connectivity index (χ1) is 10.6. The standard InChI is InChI=1S/C16H19ClFN3O/c1-2-11-5-14(9-20-7-11)22-10-12(19)8-21-13-3-4-16(18)15(17)6-13/h3-7,9,12,21H,2,8,10,19H2,1H3/t12-/m0/s1. The van der Waals surface area contributed by atoms with E-state index in [2.05, 4.69) is 17.2 Å². The fraction of sp³-hybridized carbons (Fsp3) is 0.312. The fourth-order valence-electron chi connectivity index (χ4n) is 1.85. The SMILES string of the molecule is CCc1cncc(OC[C@@H](N)CNc2ccc(F)c(Cl)c2)c1. The highest BCUT2D eigenvalue weighted by atomic mass is 35.5. The Balaban J connectivity index is 1.80. The van der Waals surface area contributed by atoms with Crippen molar-refractivity contribution in [1.29, 1.82) is 0 Å². The summed E-state index contributed by atoms with van der Waals surface area (Å²) in [5.41, 5.74) is 7.83. The third-order valence-corrected chi connectivity index (χ3v) is 3.42. The van der Waals surface area contributed by atoms with Crippen LogP contribution in [0.1, 0.15) is 12.5 Å². The number of nitrogens with zero attached hydrogens (tertiary/aromatic N) is 1. The van der Waals surface area contributed by atoms with Gasteiger partial charge in [0, 0.05) is 18.4 Å². The van der Waals surface area contributed by atoms with Gasteiger partial charge >= 0.3 is 0 Å². The third-order valence-electron chi connectivity index (χ3n) is 3.13. The maximum absolute atomic E-state index is 13.1. The first-order valence-electron chi connectivity index (χ1n) is 7.09. The normalized spacial score (nSPS) is 12.0. The number of rotatable bonds is 7. The molecule has 6 heteroatoms. The van der Waals surface area contributed by atoms with Gasteiger partial charge in [0.2, 0.25) is 0 Å². The molecule has 0 spiro atoms. The number of nitrogens with one attached hydrogen (secondary N) is 1. The molecule has 1 aromatic heterocycles. The van der Waals surface area contributed by atoms with Gasteiger partial charge in [-0.25, -0.2) is 4.39 Å². The number of nitrogens with two attached hydrogens (primary N) is 1.